The highest BCUT2D eigenvalue weighted by molar-refractivity contribution is 5.51. The summed E-state index contributed by atoms with van der Waals surface area (Å²) in [6.45, 7) is 5.73. The van der Waals surface area contributed by atoms with E-state index in [0.717, 1.165) is 33.9 Å². The van der Waals surface area contributed by atoms with Gasteiger partial charge in [0, 0.05) is 36.3 Å². The van der Waals surface area contributed by atoms with Crippen LogP contribution in [0.1, 0.15) is 34.2 Å². The van der Waals surface area contributed by atoms with Crippen LogP contribution in [0.3, 0.4) is 0 Å². The van der Waals surface area contributed by atoms with Gasteiger partial charge in [0.1, 0.15) is 17.3 Å². The van der Waals surface area contributed by atoms with Gasteiger partial charge in [-0.15, -0.1) is 0 Å². The maximum Gasteiger partial charge on any atom is 0.138 e. The van der Waals surface area contributed by atoms with Crippen molar-refractivity contribution in [1.29, 1.82) is 0 Å². The lowest BCUT2D eigenvalue weighted by atomic mass is 9.94. The predicted octanol–water partition coefficient (Wildman–Crippen LogP) is 2.36. The van der Waals surface area contributed by atoms with E-state index in [2.05, 4.69) is 10.1 Å². The quantitative estimate of drug-likeness (QED) is 0.933. The normalized spacial score (nSPS) is 17.9. The molecule has 1 atom stereocenters. The van der Waals surface area contributed by atoms with Gasteiger partial charge in [0.15, 0.2) is 0 Å². The third-order valence-corrected chi connectivity index (χ3v) is 4.42. The van der Waals surface area contributed by atoms with Gasteiger partial charge >= 0.3 is 0 Å². The zero-order chi connectivity index (χ0) is 16.6. The van der Waals surface area contributed by atoms with Crippen molar-refractivity contribution < 1.29 is 19.1 Å². The summed E-state index contributed by atoms with van der Waals surface area (Å²) in [7, 11) is 3.26. The number of benzene rings is 1. The van der Waals surface area contributed by atoms with Gasteiger partial charge in [0.05, 0.1) is 26.0 Å². The number of ether oxygens (including phenoxy) is 2. The molecule has 0 fully saturated rings. The number of aliphatic hydroxyl groups excluding tert-OH is 1. The largest absolute Gasteiger partial charge is 0.496 e. The third kappa shape index (κ3) is 2.80. The van der Waals surface area contributed by atoms with Crippen molar-refractivity contribution in [2.24, 2.45) is 0 Å². The van der Waals surface area contributed by atoms with Gasteiger partial charge in [-0.2, -0.15) is 0 Å². The van der Waals surface area contributed by atoms with Gasteiger partial charge in [-0.25, -0.2) is 0 Å². The van der Waals surface area contributed by atoms with E-state index in [-0.39, 0.29) is 0 Å². The van der Waals surface area contributed by atoms with Crippen LogP contribution in [-0.2, 0) is 13.1 Å². The van der Waals surface area contributed by atoms with E-state index in [1.54, 1.807) is 14.2 Å². The summed E-state index contributed by atoms with van der Waals surface area (Å²) >= 11 is 0. The monoisotopic (exact) mass is 318 g/mol. The molecular formula is C17H22N2O4. The maximum absolute atomic E-state index is 10.6. The number of methoxy groups -OCH3 is 2. The molecule has 124 valence electrons. The Kier molecular flexibility index (Phi) is 4.28. The van der Waals surface area contributed by atoms with Crippen molar-refractivity contribution >= 4 is 0 Å². The average Bonchev–Trinajstić information content (AvgIpc) is 2.85. The number of rotatable bonds is 4. The highest BCUT2D eigenvalue weighted by Gasteiger charge is 2.30. The predicted molar refractivity (Wildman–Crippen MR) is 84.6 cm³/mol. The van der Waals surface area contributed by atoms with Gasteiger partial charge in [-0.3, -0.25) is 4.90 Å². The topological polar surface area (TPSA) is 68.0 Å². The van der Waals surface area contributed by atoms with Crippen molar-refractivity contribution in [2.45, 2.75) is 33.0 Å². The Morgan fingerprint density at radius 3 is 2.57 bits per heavy atom. The first-order valence-corrected chi connectivity index (χ1v) is 7.61. The summed E-state index contributed by atoms with van der Waals surface area (Å²) in [4.78, 5) is 2.17. The Labute approximate surface area is 135 Å². The van der Waals surface area contributed by atoms with Gasteiger partial charge in [0.2, 0.25) is 0 Å². The van der Waals surface area contributed by atoms with Crippen LogP contribution < -0.4 is 9.47 Å². The number of aliphatic hydroxyl groups is 1. The average molecular weight is 318 g/mol. The second-order valence-electron chi connectivity index (χ2n) is 5.85. The standard InChI is InChI=1S/C17H22N2O4/c1-10-12(11(2)23-18-10)7-19-8-13-15(21-3)5-6-16(22-4)17(13)14(20)9-19/h5-6,14,20H,7-9H2,1-4H3/t14-/m0/s1. The molecule has 3 rings (SSSR count). The zero-order valence-electron chi connectivity index (χ0n) is 13.9. The van der Waals surface area contributed by atoms with Gasteiger partial charge in [-0.05, 0) is 26.0 Å². The second kappa shape index (κ2) is 6.22. The molecular weight excluding hydrogens is 296 g/mol. The molecule has 0 spiro atoms. The molecule has 1 aliphatic rings. The van der Waals surface area contributed by atoms with Crippen LogP contribution >= 0.6 is 0 Å². The number of β-amino-alcohol motifs (C(OH)–C–C–N with tert-alkyl or cyclic N) is 1. The Morgan fingerprint density at radius 2 is 1.96 bits per heavy atom. The molecule has 0 aliphatic carbocycles. The van der Waals surface area contributed by atoms with Crippen molar-refractivity contribution in [3.05, 3.63) is 40.3 Å². The Hall–Kier alpha value is -2.05. The minimum absolute atomic E-state index is 0.528. The zero-order valence-corrected chi connectivity index (χ0v) is 13.9. The molecule has 0 unspecified atom stereocenters. The van der Waals surface area contributed by atoms with E-state index in [4.69, 9.17) is 14.0 Å². The fraction of sp³-hybridized carbons (Fsp3) is 0.471. The molecule has 1 aliphatic heterocycles. The molecule has 0 radical (unpaired) electrons. The minimum atomic E-state index is -0.621. The minimum Gasteiger partial charge on any atom is -0.496 e. The Balaban J connectivity index is 1.93. The fourth-order valence-electron chi connectivity index (χ4n) is 3.22. The summed E-state index contributed by atoms with van der Waals surface area (Å²) in [5.41, 5.74) is 3.75. The van der Waals surface area contributed by atoms with Gasteiger partial charge in [0.25, 0.3) is 0 Å². The van der Waals surface area contributed by atoms with E-state index in [1.807, 2.05) is 26.0 Å². The molecule has 1 aromatic carbocycles. The van der Waals surface area contributed by atoms with E-state index in [1.165, 1.54) is 0 Å². The van der Waals surface area contributed by atoms with Crippen LogP contribution in [0.25, 0.3) is 0 Å². The summed E-state index contributed by atoms with van der Waals surface area (Å²) in [6.07, 6.45) is -0.621. The maximum atomic E-state index is 10.6. The first-order valence-electron chi connectivity index (χ1n) is 7.61. The first kappa shape index (κ1) is 15.8. The van der Waals surface area contributed by atoms with E-state index in [0.29, 0.717) is 25.4 Å². The van der Waals surface area contributed by atoms with E-state index >= 15 is 0 Å². The number of hydrogen-bond acceptors (Lipinski definition) is 6. The summed E-state index contributed by atoms with van der Waals surface area (Å²) in [6, 6.07) is 3.72. The lowest BCUT2D eigenvalue weighted by Gasteiger charge is -2.33. The SMILES string of the molecule is COc1ccc(OC)c2c1CN(Cc1c(C)noc1C)C[C@@H]2O. The van der Waals surface area contributed by atoms with E-state index in [9.17, 15) is 5.11 Å². The fourth-order valence-corrected chi connectivity index (χ4v) is 3.22. The molecule has 2 heterocycles. The highest BCUT2D eigenvalue weighted by atomic mass is 16.5. The lowest BCUT2D eigenvalue weighted by Crippen LogP contribution is -2.34. The van der Waals surface area contributed by atoms with Crippen LogP contribution in [0.4, 0.5) is 0 Å². The summed E-state index contributed by atoms with van der Waals surface area (Å²) in [5, 5.41) is 14.6. The smallest absolute Gasteiger partial charge is 0.138 e. The second-order valence-corrected chi connectivity index (χ2v) is 5.85. The number of nitrogens with zero attached hydrogens (tertiary/aromatic N) is 2. The van der Waals surface area contributed by atoms with Crippen molar-refractivity contribution in [3.63, 3.8) is 0 Å². The summed E-state index contributed by atoms with van der Waals surface area (Å²) in [5.74, 6) is 2.29. The molecule has 1 aromatic heterocycles. The Morgan fingerprint density at radius 1 is 1.26 bits per heavy atom. The third-order valence-electron chi connectivity index (χ3n) is 4.42. The van der Waals surface area contributed by atoms with Gasteiger partial charge < -0.3 is 19.1 Å². The lowest BCUT2D eigenvalue weighted by molar-refractivity contribution is 0.0839. The molecule has 2 aromatic rings. The van der Waals surface area contributed by atoms with Gasteiger partial charge in [-0.1, -0.05) is 5.16 Å². The molecule has 0 saturated heterocycles. The number of aryl methyl sites for hydroxylation is 2. The van der Waals surface area contributed by atoms with Crippen LogP contribution in [0, 0.1) is 13.8 Å². The van der Waals surface area contributed by atoms with Crippen molar-refractivity contribution in [2.75, 3.05) is 20.8 Å². The molecule has 0 saturated carbocycles. The molecule has 1 N–H and O–H groups in total. The molecule has 6 nitrogen and oxygen atoms in total. The summed E-state index contributed by atoms with van der Waals surface area (Å²) < 4.78 is 16.1. The highest BCUT2D eigenvalue weighted by Crippen LogP contribution is 2.39. The van der Waals surface area contributed by atoms with Crippen LogP contribution in [0.2, 0.25) is 0 Å². The number of fused-ring (bicyclic) bond motifs is 1. The number of hydrogen-bond donors (Lipinski definition) is 1. The molecule has 6 heteroatoms. The molecule has 0 bridgehead atoms. The van der Waals surface area contributed by atoms with Crippen LogP contribution in [0.5, 0.6) is 11.5 Å². The molecule has 23 heavy (non-hydrogen) atoms. The first-order chi connectivity index (χ1) is 11.0. The molecule has 0 amide bonds. The Bertz CT molecular complexity index is 691. The van der Waals surface area contributed by atoms with Crippen LogP contribution in [-0.4, -0.2) is 35.9 Å². The van der Waals surface area contributed by atoms with Crippen molar-refractivity contribution in [3.8, 4) is 11.5 Å². The van der Waals surface area contributed by atoms with Crippen molar-refractivity contribution in [1.82, 2.24) is 10.1 Å². The van der Waals surface area contributed by atoms with E-state index < -0.39 is 6.10 Å². The number of aromatic nitrogens is 1. The van der Waals surface area contributed by atoms with Crippen LogP contribution in [0.15, 0.2) is 16.7 Å².